The maximum Gasteiger partial charge on any atom is 0.238 e. The van der Waals surface area contributed by atoms with Crippen molar-refractivity contribution in [2.45, 2.75) is 31.5 Å². The summed E-state index contributed by atoms with van der Waals surface area (Å²) in [6.45, 7) is 6.33. The zero-order valence-electron chi connectivity index (χ0n) is 10.4. The number of nitrogens with two attached hydrogens (primary N) is 1. The second kappa shape index (κ2) is 5.97. The Hall–Kier alpha value is -1.14. The fraction of sp³-hybridized carbons (Fsp3) is 0.545. The summed E-state index contributed by atoms with van der Waals surface area (Å²) in [6.07, 6.45) is 1.71. The first kappa shape index (κ1) is 13.9. The first-order valence-corrected chi connectivity index (χ1v) is 6.44. The van der Waals surface area contributed by atoms with Crippen molar-refractivity contribution in [3.05, 3.63) is 18.0 Å². The molecule has 1 heterocycles. The second-order valence-electron chi connectivity index (χ2n) is 4.00. The Morgan fingerprint density at radius 1 is 1.65 bits per heavy atom. The lowest BCUT2D eigenvalue weighted by Gasteiger charge is -2.26. The van der Waals surface area contributed by atoms with Gasteiger partial charge >= 0.3 is 0 Å². The van der Waals surface area contributed by atoms with Gasteiger partial charge in [0.1, 0.15) is 5.54 Å². The number of likely N-dealkylation sites (N-methyl/N-ethyl adjacent to an activating group) is 1. The summed E-state index contributed by atoms with van der Waals surface area (Å²) in [4.78, 5) is 19.8. The second-order valence-corrected chi connectivity index (χ2v) is 4.94. The summed E-state index contributed by atoms with van der Waals surface area (Å²) in [5.41, 5.74) is 5.57. The molecule has 3 N–H and O–H groups in total. The Morgan fingerprint density at radius 3 is 2.88 bits per heavy atom. The number of aromatic nitrogens is 2. The van der Waals surface area contributed by atoms with Gasteiger partial charge in [-0.05, 0) is 26.5 Å². The Morgan fingerprint density at radius 2 is 2.35 bits per heavy atom. The van der Waals surface area contributed by atoms with E-state index >= 15 is 0 Å². The van der Waals surface area contributed by atoms with Crippen LogP contribution in [-0.2, 0) is 4.79 Å². The van der Waals surface area contributed by atoms with Gasteiger partial charge < -0.3 is 11.1 Å². The van der Waals surface area contributed by atoms with Crippen LogP contribution in [0.5, 0.6) is 0 Å². The van der Waals surface area contributed by atoms with Crippen molar-refractivity contribution in [1.82, 2.24) is 15.3 Å². The predicted molar refractivity (Wildman–Crippen MR) is 68.8 cm³/mol. The molecule has 1 aromatic rings. The molecule has 0 radical (unpaired) electrons. The highest BCUT2D eigenvalue weighted by atomic mass is 32.2. The number of hydrogen-bond acceptors (Lipinski definition) is 5. The third-order valence-corrected chi connectivity index (χ3v) is 3.55. The minimum absolute atomic E-state index is 0.362. The van der Waals surface area contributed by atoms with Crippen molar-refractivity contribution in [3.63, 3.8) is 0 Å². The van der Waals surface area contributed by atoms with Gasteiger partial charge in [-0.15, -0.1) is 0 Å². The molecular formula is C11H18N4OS. The smallest absolute Gasteiger partial charge is 0.238 e. The first-order chi connectivity index (χ1) is 7.98. The number of thioether (sulfide) groups is 1. The SMILES string of the molecule is CCNC(C)(CSc1nccc(C)n1)C(N)=O. The van der Waals surface area contributed by atoms with E-state index < -0.39 is 5.54 Å². The molecule has 1 unspecified atom stereocenters. The summed E-state index contributed by atoms with van der Waals surface area (Å²) < 4.78 is 0. The third kappa shape index (κ3) is 3.98. The third-order valence-electron chi connectivity index (χ3n) is 2.37. The Kier molecular flexibility index (Phi) is 4.89. The summed E-state index contributed by atoms with van der Waals surface area (Å²) in [5.74, 6) is 0.152. The van der Waals surface area contributed by atoms with Gasteiger partial charge in [-0.3, -0.25) is 4.79 Å². The molecule has 1 amide bonds. The molecule has 0 aromatic carbocycles. The lowest BCUT2D eigenvalue weighted by atomic mass is 10.1. The highest BCUT2D eigenvalue weighted by Crippen LogP contribution is 2.19. The quantitative estimate of drug-likeness (QED) is 0.578. The molecule has 0 aliphatic carbocycles. The average Bonchev–Trinajstić information content (AvgIpc) is 2.27. The number of amides is 1. The van der Waals surface area contributed by atoms with E-state index in [1.807, 2.05) is 19.9 Å². The highest BCUT2D eigenvalue weighted by molar-refractivity contribution is 7.99. The first-order valence-electron chi connectivity index (χ1n) is 5.45. The zero-order chi connectivity index (χ0) is 12.9. The van der Waals surface area contributed by atoms with Gasteiger partial charge in [0.15, 0.2) is 5.16 Å². The number of carbonyl (C=O) groups excluding carboxylic acids is 1. The van der Waals surface area contributed by atoms with Crippen molar-refractivity contribution < 1.29 is 4.79 Å². The summed E-state index contributed by atoms with van der Waals surface area (Å²) in [7, 11) is 0. The molecule has 94 valence electrons. The lowest BCUT2D eigenvalue weighted by molar-refractivity contribution is -0.122. The number of nitrogens with one attached hydrogen (secondary N) is 1. The molecule has 0 aliphatic rings. The van der Waals surface area contributed by atoms with E-state index in [4.69, 9.17) is 5.73 Å². The Bertz CT molecular complexity index is 399. The molecule has 1 atom stereocenters. The van der Waals surface area contributed by atoms with E-state index in [0.717, 1.165) is 5.69 Å². The molecule has 0 fully saturated rings. The van der Waals surface area contributed by atoms with Crippen LogP contribution in [0.15, 0.2) is 17.4 Å². The van der Waals surface area contributed by atoms with Crippen LogP contribution >= 0.6 is 11.8 Å². The maximum atomic E-state index is 11.4. The molecule has 1 aromatic heterocycles. The lowest BCUT2D eigenvalue weighted by Crippen LogP contribution is -2.55. The largest absolute Gasteiger partial charge is 0.368 e. The molecular weight excluding hydrogens is 236 g/mol. The van der Waals surface area contributed by atoms with E-state index in [0.29, 0.717) is 17.5 Å². The molecule has 6 heteroatoms. The Labute approximate surface area is 106 Å². The van der Waals surface area contributed by atoms with E-state index in [1.165, 1.54) is 11.8 Å². The molecule has 0 bridgehead atoms. The number of aryl methyl sites for hydroxylation is 1. The van der Waals surface area contributed by atoms with E-state index in [-0.39, 0.29) is 5.91 Å². The summed E-state index contributed by atoms with van der Waals surface area (Å²) >= 11 is 1.42. The molecule has 0 saturated heterocycles. The summed E-state index contributed by atoms with van der Waals surface area (Å²) in [5, 5.41) is 3.75. The van der Waals surface area contributed by atoms with Gasteiger partial charge in [0.05, 0.1) is 0 Å². The number of carbonyl (C=O) groups is 1. The van der Waals surface area contributed by atoms with Gasteiger partial charge in [-0.2, -0.15) is 0 Å². The van der Waals surface area contributed by atoms with Crippen LogP contribution in [0.25, 0.3) is 0 Å². The van der Waals surface area contributed by atoms with E-state index in [9.17, 15) is 4.79 Å². The van der Waals surface area contributed by atoms with Gasteiger partial charge in [0.2, 0.25) is 5.91 Å². The van der Waals surface area contributed by atoms with Crippen LogP contribution in [0.1, 0.15) is 19.5 Å². The average molecular weight is 254 g/mol. The van der Waals surface area contributed by atoms with Crippen LogP contribution in [0.3, 0.4) is 0 Å². The molecule has 0 spiro atoms. The maximum absolute atomic E-state index is 11.4. The van der Waals surface area contributed by atoms with Gasteiger partial charge in [0.25, 0.3) is 0 Å². The van der Waals surface area contributed by atoms with Gasteiger partial charge in [-0.25, -0.2) is 9.97 Å². The monoisotopic (exact) mass is 254 g/mol. The minimum Gasteiger partial charge on any atom is -0.368 e. The normalized spacial score (nSPS) is 14.3. The highest BCUT2D eigenvalue weighted by Gasteiger charge is 2.30. The standard InChI is InChI=1S/C11H18N4OS/c1-4-14-11(3,9(12)16)7-17-10-13-6-5-8(2)15-10/h5-6,14H,4,7H2,1-3H3,(H2,12,16). The molecule has 5 nitrogen and oxygen atoms in total. The fourth-order valence-corrected chi connectivity index (χ4v) is 2.31. The van der Waals surface area contributed by atoms with Crippen LogP contribution in [0, 0.1) is 6.92 Å². The number of primary amides is 1. The topological polar surface area (TPSA) is 80.9 Å². The van der Waals surface area contributed by atoms with Crippen molar-refractivity contribution in [2.24, 2.45) is 5.73 Å². The van der Waals surface area contributed by atoms with Crippen molar-refractivity contribution in [1.29, 1.82) is 0 Å². The minimum atomic E-state index is -0.730. The van der Waals surface area contributed by atoms with Crippen LogP contribution in [0.2, 0.25) is 0 Å². The Balaban J connectivity index is 2.67. The van der Waals surface area contributed by atoms with Crippen LogP contribution in [-0.4, -0.2) is 33.7 Å². The summed E-state index contributed by atoms with van der Waals surface area (Å²) in [6, 6.07) is 1.83. The van der Waals surface area contributed by atoms with E-state index in [2.05, 4.69) is 15.3 Å². The molecule has 1 rings (SSSR count). The van der Waals surface area contributed by atoms with Crippen LogP contribution in [0.4, 0.5) is 0 Å². The zero-order valence-corrected chi connectivity index (χ0v) is 11.2. The van der Waals surface area contributed by atoms with Gasteiger partial charge in [-0.1, -0.05) is 18.7 Å². The van der Waals surface area contributed by atoms with Gasteiger partial charge in [0, 0.05) is 17.6 Å². The predicted octanol–water partition coefficient (Wildman–Crippen LogP) is 0.731. The van der Waals surface area contributed by atoms with E-state index in [1.54, 1.807) is 13.1 Å². The van der Waals surface area contributed by atoms with Crippen molar-refractivity contribution >= 4 is 17.7 Å². The fourth-order valence-electron chi connectivity index (χ4n) is 1.30. The number of hydrogen-bond donors (Lipinski definition) is 2. The van der Waals surface area contributed by atoms with Crippen LogP contribution < -0.4 is 11.1 Å². The molecule has 17 heavy (non-hydrogen) atoms. The van der Waals surface area contributed by atoms with Crippen molar-refractivity contribution in [2.75, 3.05) is 12.3 Å². The number of nitrogens with zero attached hydrogens (tertiary/aromatic N) is 2. The molecule has 0 aliphatic heterocycles. The van der Waals surface area contributed by atoms with Crippen molar-refractivity contribution in [3.8, 4) is 0 Å². The number of rotatable bonds is 6. The molecule has 0 saturated carbocycles.